The monoisotopic (exact) mass is 603 g/mol. The van der Waals surface area contributed by atoms with Crippen LogP contribution in [-0.4, -0.2) is 0 Å². The third-order valence-electron chi connectivity index (χ3n) is 9.06. The van der Waals surface area contributed by atoms with E-state index in [-0.39, 0.29) is 0 Å². The molecule has 216 valence electrons. The second-order valence-electron chi connectivity index (χ2n) is 11.7. The molecule has 0 amide bonds. The van der Waals surface area contributed by atoms with Crippen molar-refractivity contribution in [1.82, 2.24) is 0 Å². The lowest BCUT2D eigenvalue weighted by molar-refractivity contribution is 1.32. The molecule has 1 nitrogen and oxygen atoms in total. The van der Waals surface area contributed by atoms with E-state index in [1.165, 1.54) is 69.7 Å². The summed E-state index contributed by atoms with van der Waals surface area (Å²) in [7, 11) is 0. The number of benzene rings is 8. The van der Waals surface area contributed by atoms with Crippen molar-refractivity contribution in [2.75, 3.05) is 4.90 Å². The van der Waals surface area contributed by atoms with Crippen molar-refractivity contribution in [3.63, 3.8) is 0 Å². The summed E-state index contributed by atoms with van der Waals surface area (Å²) in [6.45, 7) is 0. The van der Waals surface area contributed by atoms with Crippen LogP contribution >= 0.6 is 11.3 Å². The third kappa shape index (κ3) is 4.38. The van der Waals surface area contributed by atoms with E-state index >= 15 is 0 Å². The molecule has 1 heterocycles. The Morgan fingerprint density at radius 1 is 0.348 bits per heavy atom. The molecule has 1 aromatic heterocycles. The highest BCUT2D eigenvalue weighted by Gasteiger charge is 2.21. The van der Waals surface area contributed by atoms with E-state index in [1.807, 2.05) is 11.3 Å². The van der Waals surface area contributed by atoms with Gasteiger partial charge in [0.05, 0.1) is 11.4 Å². The molecule has 0 saturated heterocycles. The van der Waals surface area contributed by atoms with Gasteiger partial charge in [0, 0.05) is 42.0 Å². The van der Waals surface area contributed by atoms with Gasteiger partial charge in [-0.1, -0.05) is 146 Å². The van der Waals surface area contributed by atoms with Gasteiger partial charge in [-0.15, -0.1) is 11.3 Å². The van der Waals surface area contributed by atoms with Gasteiger partial charge in [0.2, 0.25) is 0 Å². The highest BCUT2D eigenvalue weighted by Crippen LogP contribution is 2.48. The minimum Gasteiger partial charge on any atom is -0.309 e. The molecule has 0 saturated carbocycles. The lowest BCUT2D eigenvalue weighted by atomic mass is 9.95. The first kappa shape index (κ1) is 26.7. The second-order valence-corrected chi connectivity index (χ2v) is 12.8. The summed E-state index contributed by atoms with van der Waals surface area (Å²) in [5, 5.41) is 7.58. The van der Waals surface area contributed by atoms with Crippen LogP contribution in [0.1, 0.15) is 0 Å². The highest BCUT2D eigenvalue weighted by molar-refractivity contribution is 7.26. The molecule has 0 fully saturated rings. The predicted molar refractivity (Wildman–Crippen MR) is 200 cm³/mol. The van der Waals surface area contributed by atoms with Crippen molar-refractivity contribution in [2.45, 2.75) is 0 Å². The number of nitrogens with zero attached hydrogens (tertiary/aromatic N) is 1. The van der Waals surface area contributed by atoms with Gasteiger partial charge in [-0.2, -0.15) is 0 Å². The van der Waals surface area contributed by atoms with Crippen LogP contribution in [0.15, 0.2) is 176 Å². The summed E-state index contributed by atoms with van der Waals surface area (Å²) in [5.74, 6) is 0. The maximum atomic E-state index is 2.47. The molecule has 0 radical (unpaired) electrons. The predicted octanol–water partition coefficient (Wildman–Crippen LogP) is 13.2. The molecule has 46 heavy (non-hydrogen) atoms. The Kier molecular flexibility index (Phi) is 6.40. The normalized spacial score (nSPS) is 11.5. The molecule has 0 atom stereocenters. The summed E-state index contributed by atoms with van der Waals surface area (Å²) in [6, 6.07) is 63.9. The van der Waals surface area contributed by atoms with Crippen molar-refractivity contribution in [3.8, 4) is 22.3 Å². The Labute approximate surface area is 272 Å². The Hall–Kier alpha value is -5.70. The highest BCUT2D eigenvalue weighted by atomic mass is 32.1. The van der Waals surface area contributed by atoms with Crippen molar-refractivity contribution in [3.05, 3.63) is 176 Å². The molecule has 0 spiro atoms. The van der Waals surface area contributed by atoms with E-state index in [4.69, 9.17) is 0 Å². The van der Waals surface area contributed by atoms with E-state index in [0.29, 0.717) is 0 Å². The summed E-state index contributed by atoms with van der Waals surface area (Å²) < 4.78 is 2.65. The molecule has 0 aliphatic heterocycles. The van der Waals surface area contributed by atoms with Gasteiger partial charge in [-0.3, -0.25) is 0 Å². The van der Waals surface area contributed by atoms with Crippen LogP contribution in [0.3, 0.4) is 0 Å². The standard InChI is InChI=1S/C44H29NS/c1-3-13-30(14-4-1)31-23-25-33(26-24-31)45(41-28-27-34(32-15-5-2-6-16-32)35-17-7-8-18-36(35)41)42-29-40-38-20-11-12-22-43(38)46-44(40)39-21-10-9-19-37(39)42/h1-29H. The van der Waals surface area contributed by atoms with E-state index < -0.39 is 0 Å². The van der Waals surface area contributed by atoms with Gasteiger partial charge in [0.1, 0.15) is 0 Å². The lowest BCUT2D eigenvalue weighted by Crippen LogP contribution is -2.11. The molecule has 2 heteroatoms. The summed E-state index contributed by atoms with van der Waals surface area (Å²) in [5.41, 5.74) is 8.35. The molecule has 0 N–H and O–H groups in total. The van der Waals surface area contributed by atoms with Crippen LogP contribution in [0.4, 0.5) is 17.1 Å². The number of thiophene rings is 1. The first-order valence-electron chi connectivity index (χ1n) is 15.7. The first-order valence-corrected chi connectivity index (χ1v) is 16.5. The number of anilines is 3. The smallest absolute Gasteiger partial charge is 0.0547 e. The number of rotatable bonds is 5. The number of hydrogen-bond acceptors (Lipinski definition) is 2. The molecule has 0 aliphatic carbocycles. The van der Waals surface area contributed by atoms with Crippen LogP contribution in [0.5, 0.6) is 0 Å². The Morgan fingerprint density at radius 2 is 0.891 bits per heavy atom. The minimum atomic E-state index is 1.13. The minimum absolute atomic E-state index is 1.13. The Balaban J connectivity index is 1.35. The van der Waals surface area contributed by atoms with Gasteiger partial charge >= 0.3 is 0 Å². The summed E-state index contributed by atoms with van der Waals surface area (Å²) in [6.07, 6.45) is 0. The SMILES string of the molecule is c1ccc(-c2ccc(N(c3ccc(-c4ccccc4)c4ccccc34)c3cc4c5ccccc5sc4c4ccccc34)cc2)cc1. The third-order valence-corrected chi connectivity index (χ3v) is 10.3. The van der Waals surface area contributed by atoms with Crippen LogP contribution in [0.2, 0.25) is 0 Å². The fourth-order valence-electron chi connectivity index (χ4n) is 6.90. The molecular weight excluding hydrogens is 575 g/mol. The summed E-state index contributed by atoms with van der Waals surface area (Å²) >= 11 is 1.89. The average molecular weight is 604 g/mol. The molecule has 0 aliphatic rings. The molecular formula is C44H29NS. The zero-order valence-corrected chi connectivity index (χ0v) is 25.9. The van der Waals surface area contributed by atoms with Crippen LogP contribution < -0.4 is 4.90 Å². The summed E-state index contributed by atoms with van der Waals surface area (Å²) in [4.78, 5) is 2.47. The van der Waals surface area contributed by atoms with Crippen LogP contribution in [0, 0.1) is 0 Å². The van der Waals surface area contributed by atoms with Gasteiger partial charge < -0.3 is 4.90 Å². The van der Waals surface area contributed by atoms with E-state index in [9.17, 15) is 0 Å². The molecule has 0 bridgehead atoms. The second kappa shape index (κ2) is 11.0. The van der Waals surface area contributed by atoms with Crippen LogP contribution in [0.25, 0.3) is 64.0 Å². The largest absolute Gasteiger partial charge is 0.309 e. The number of hydrogen-bond donors (Lipinski definition) is 0. The fourth-order valence-corrected chi connectivity index (χ4v) is 8.12. The van der Waals surface area contributed by atoms with Crippen LogP contribution in [-0.2, 0) is 0 Å². The maximum absolute atomic E-state index is 2.47. The molecule has 8 aromatic carbocycles. The van der Waals surface area contributed by atoms with E-state index in [0.717, 1.165) is 11.4 Å². The lowest BCUT2D eigenvalue weighted by Gasteiger charge is -2.29. The zero-order valence-electron chi connectivity index (χ0n) is 25.1. The van der Waals surface area contributed by atoms with Crippen molar-refractivity contribution in [1.29, 1.82) is 0 Å². The van der Waals surface area contributed by atoms with Crippen molar-refractivity contribution < 1.29 is 0 Å². The topological polar surface area (TPSA) is 3.24 Å². The molecule has 9 aromatic rings. The zero-order chi connectivity index (χ0) is 30.5. The van der Waals surface area contributed by atoms with Gasteiger partial charge in [0.25, 0.3) is 0 Å². The first-order chi connectivity index (χ1) is 22.8. The quantitative estimate of drug-likeness (QED) is 0.189. The molecule has 9 rings (SSSR count). The van der Waals surface area contributed by atoms with E-state index in [1.54, 1.807) is 0 Å². The Bertz CT molecular complexity index is 2510. The van der Waals surface area contributed by atoms with Gasteiger partial charge in [-0.05, 0) is 58.0 Å². The Morgan fingerprint density at radius 3 is 1.61 bits per heavy atom. The number of fused-ring (bicyclic) bond motifs is 6. The van der Waals surface area contributed by atoms with Gasteiger partial charge in [-0.25, -0.2) is 0 Å². The van der Waals surface area contributed by atoms with E-state index in [2.05, 4.69) is 181 Å². The van der Waals surface area contributed by atoms with Crippen molar-refractivity contribution >= 4 is 70.1 Å². The molecule has 0 unspecified atom stereocenters. The fraction of sp³-hybridized carbons (Fsp3) is 0. The van der Waals surface area contributed by atoms with Gasteiger partial charge in [0.15, 0.2) is 0 Å². The maximum Gasteiger partial charge on any atom is 0.0547 e. The average Bonchev–Trinajstić information content (AvgIpc) is 3.52. The van der Waals surface area contributed by atoms with Crippen molar-refractivity contribution in [2.24, 2.45) is 0 Å².